The molecule has 0 fully saturated rings. The number of para-hydroxylation sites is 1. The molecule has 9 nitrogen and oxygen atoms in total. The molecule has 35 heavy (non-hydrogen) atoms. The summed E-state index contributed by atoms with van der Waals surface area (Å²) in [6.45, 7) is 0. The molecule has 3 amide bonds. The SMILES string of the molecule is NC(=O)C1CC(C(=O)Nc2ccc(NC(=O)c3ccoc3)cc2C(F)(F)F)=NN1c1ccccc1. The van der Waals surface area contributed by atoms with Gasteiger partial charge in [0.05, 0.1) is 28.8 Å². The van der Waals surface area contributed by atoms with Crippen molar-refractivity contribution in [3.8, 4) is 0 Å². The highest BCUT2D eigenvalue weighted by Gasteiger charge is 2.37. The molecule has 0 radical (unpaired) electrons. The van der Waals surface area contributed by atoms with Crippen LogP contribution in [0.1, 0.15) is 22.3 Å². The molecule has 2 heterocycles. The lowest BCUT2D eigenvalue weighted by molar-refractivity contribution is -0.137. The van der Waals surface area contributed by atoms with Crippen molar-refractivity contribution in [1.82, 2.24) is 0 Å². The molecule has 1 atom stereocenters. The third-order valence-electron chi connectivity index (χ3n) is 5.14. The molecule has 0 aliphatic carbocycles. The van der Waals surface area contributed by atoms with Gasteiger partial charge in [-0.15, -0.1) is 0 Å². The Labute approximate surface area is 196 Å². The summed E-state index contributed by atoms with van der Waals surface area (Å²) in [4.78, 5) is 36.8. The molecule has 1 aliphatic heterocycles. The first-order valence-electron chi connectivity index (χ1n) is 10.2. The van der Waals surface area contributed by atoms with Gasteiger partial charge >= 0.3 is 6.18 Å². The van der Waals surface area contributed by atoms with E-state index < -0.39 is 41.2 Å². The minimum atomic E-state index is -4.84. The summed E-state index contributed by atoms with van der Waals surface area (Å²) in [6.07, 6.45) is -2.63. The number of amides is 3. The fraction of sp³-hybridized carbons (Fsp3) is 0.130. The summed E-state index contributed by atoms with van der Waals surface area (Å²) in [5.74, 6) is -2.33. The average Bonchev–Trinajstić information content (AvgIpc) is 3.51. The second kappa shape index (κ2) is 9.33. The number of hydrazone groups is 1. The van der Waals surface area contributed by atoms with Crippen molar-refractivity contribution in [2.45, 2.75) is 18.6 Å². The molecular formula is C23H18F3N5O4. The fourth-order valence-electron chi connectivity index (χ4n) is 3.44. The van der Waals surface area contributed by atoms with Crippen molar-refractivity contribution in [3.63, 3.8) is 0 Å². The van der Waals surface area contributed by atoms with Crippen LogP contribution in [-0.2, 0) is 15.8 Å². The maximum Gasteiger partial charge on any atom is 0.418 e. The zero-order valence-corrected chi connectivity index (χ0v) is 17.9. The lowest BCUT2D eigenvalue weighted by Crippen LogP contribution is -2.39. The zero-order chi connectivity index (χ0) is 25.2. The lowest BCUT2D eigenvalue weighted by Gasteiger charge is -2.20. The van der Waals surface area contributed by atoms with Gasteiger partial charge in [0, 0.05) is 12.1 Å². The third kappa shape index (κ3) is 5.16. The third-order valence-corrected chi connectivity index (χ3v) is 5.14. The number of hydrogen-bond acceptors (Lipinski definition) is 6. The highest BCUT2D eigenvalue weighted by molar-refractivity contribution is 6.44. The molecule has 180 valence electrons. The largest absolute Gasteiger partial charge is 0.472 e. The highest BCUT2D eigenvalue weighted by atomic mass is 19.4. The van der Waals surface area contributed by atoms with Crippen LogP contribution < -0.4 is 21.4 Å². The van der Waals surface area contributed by atoms with Crippen LogP contribution in [0.2, 0.25) is 0 Å². The molecule has 0 bridgehead atoms. The molecule has 2 aromatic carbocycles. The summed E-state index contributed by atoms with van der Waals surface area (Å²) in [5, 5.41) is 9.93. The average molecular weight is 485 g/mol. The van der Waals surface area contributed by atoms with Gasteiger partial charge in [0.15, 0.2) is 0 Å². The molecule has 1 aliphatic rings. The van der Waals surface area contributed by atoms with E-state index in [0.29, 0.717) is 11.8 Å². The van der Waals surface area contributed by atoms with Crippen molar-refractivity contribution in [3.05, 3.63) is 78.3 Å². The molecule has 12 heteroatoms. The Balaban J connectivity index is 1.57. The van der Waals surface area contributed by atoms with Crippen molar-refractivity contribution in [1.29, 1.82) is 0 Å². The van der Waals surface area contributed by atoms with Crippen LogP contribution in [0, 0.1) is 0 Å². The van der Waals surface area contributed by atoms with E-state index in [9.17, 15) is 27.6 Å². The smallest absolute Gasteiger partial charge is 0.418 e. The van der Waals surface area contributed by atoms with Gasteiger partial charge in [0.1, 0.15) is 18.0 Å². The van der Waals surface area contributed by atoms with Crippen LogP contribution in [0.15, 0.2) is 76.6 Å². The Morgan fingerprint density at radius 2 is 1.77 bits per heavy atom. The molecule has 1 unspecified atom stereocenters. The van der Waals surface area contributed by atoms with Crippen molar-refractivity contribution in [2.75, 3.05) is 15.6 Å². The van der Waals surface area contributed by atoms with Gasteiger partial charge in [-0.25, -0.2) is 0 Å². The lowest BCUT2D eigenvalue weighted by atomic mass is 10.1. The van der Waals surface area contributed by atoms with Crippen LogP contribution in [0.25, 0.3) is 0 Å². The molecule has 4 N–H and O–H groups in total. The first-order valence-corrected chi connectivity index (χ1v) is 10.2. The Bertz CT molecular complexity index is 1290. The minimum Gasteiger partial charge on any atom is -0.472 e. The number of hydrogen-bond donors (Lipinski definition) is 3. The topological polar surface area (TPSA) is 130 Å². The summed E-state index contributed by atoms with van der Waals surface area (Å²) >= 11 is 0. The molecule has 3 aromatic rings. The monoisotopic (exact) mass is 485 g/mol. The van der Waals surface area contributed by atoms with Crippen LogP contribution in [0.3, 0.4) is 0 Å². The number of primary amides is 1. The van der Waals surface area contributed by atoms with Gasteiger partial charge in [0.25, 0.3) is 11.8 Å². The molecule has 0 spiro atoms. The van der Waals surface area contributed by atoms with E-state index in [1.54, 1.807) is 30.3 Å². The summed E-state index contributed by atoms with van der Waals surface area (Å²) in [5.41, 5.74) is 4.04. The van der Waals surface area contributed by atoms with Crippen LogP contribution >= 0.6 is 0 Å². The van der Waals surface area contributed by atoms with E-state index in [1.807, 2.05) is 0 Å². The Morgan fingerprint density at radius 1 is 1.03 bits per heavy atom. The molecule has 0 saturated heterocycles. The van der Waals surface area contributed by atoms with E-state index in [4.69, 9.17) is 10.2 Å². The fourth-order valence-corrected chi connectivity index (χ4v) is 3.44. The summed E-state index contributed by atoms with van der Waals surface area (Å²) in [6, 6.07) is 11.8. The molecule has 0 saturated carbocycles. The minimum absolute atomic E-state index is 0.127. The standard InChI is InChI=1S/C23H18F3N5O4/c24-23(25,26)16-10-14(28-21(33)13-8-9-35-12-13)6-7-17(16)29-22(34)18-11-19(20(27)32)31(30-18)15-4-2-1-3-5-15/h1-10,12,19H,11H2,(H2,27,32)(H,28,33)(H,29,34). The molecule has 1 aromatic heterocycles. The van der Waals surface area contributed by atoms with Gasteiger partial charge in [-0.2, -0.15) is 18.3 Å². The highest BCUT2D eigenvalue weighted by Crippen LogP contribution is 2.37. The first kappa shape index (κ1) is 23.5. The van der Waals surface area contributed by atoms with Crippen LogP contribution in [0.4, 0.5) is 30.2 Å². The second-order valence-corrected chi connectivity index (χ2v) is 7.53. The zero-order valence-electron chi connectivity index (χ0n) is 17.9. The van der Waals surface area contributed by atoms with E-state index in [0.717, 1.165) is 12.3 Å². The number of anilines is 3. The number of carbonyl (C=O) groups is 3. The molecular weight excluding hydrogens is 467 g/mol. The summed E-state index contributed by atoms with van der Waals surface area (Å²) in [7, 11) is 0. The number of nitrogens with zero attached hydrogens (tertiary/aromatic N) is 2. The number of nitrogens with two attached hydrogens (primary N) is 1. The van der Waals surface area contributed by atoms with E-state index in [2.05, 4.69) is 15.7 Å². The van der Waals surface area contributed by atoms with Gasteiger partial charge in [-0.1, -0.05) is 18.2 Å². The number of furan rings is 1. The number of benzene rings is 2. The number of rotatable bonds is 6. The van der Waals surface area contributed by atoms with Crippen LogP contribution in [-0.4, -0.2) is 29.5 Å². The number of halogens is 3. The Hall–Kier alpha value is -4.61. The Morgan fingerprint density at radius 3 is 2.40 bits per heavy atom. The maximum atomic E-state index is 13.7. The van der Waals surface area contributed by atoms with Crippen molar-refractivity contribution >= 4 is 40.5 Å². The van der Waals surface area contributed by atoms with E-state index in [1.165, 1.54) is 23.4 Å². The van der Waals surface area contributed by atoms with Crippen molar-refractivity contribution < 1.29 is 32.0 Å². The Kier molecular flexibility index (Phi) is 6.28. The van der Waals surface area contributed by atoms with Gasteiger partial charge in [-0.3, -0.25) is 19.4 Å². The number of nitrogens with one attached hydrogen (secondary N) is 2. The summed E-state index contributed by atoms with van der Waals surface area (Å²) < 4.78 is 46.0. The normalized spacial score (nSPS) is 15.5. The van der Waals surface area contributed by atoms with Crippen LogP contribution in [0.5, 0.6) is 0 Å². The van der Waals surface area contributed by atoms with E-state index >= 15 is 0 Å². The van der Waals surface area contributed by atoms with Crippen molar-refractivity contribution in [2.24, 2.45) is 10.8 Å². The second-order valence-electron chi connectivity index (χ2n) is 7.53. The predicted octanol–water partition coefficient (Wildman–Crippen LogP) is 3.61. The number of alkyl halides is 3. The predicted molar refractivity (Wildman–Crippen MR) is 121 cm³/mol. The van der Waals surface area contributed by atoms with Gasteiger partial charge in [-0.05, 0) is 36.4 Å². The maximum absolute atomic E-state index is 13.7. The van der Waals surface area contributed by atoms with Gasteiger partial charge in [0.2, 0.25) is 5.91 Å². The quantitative estimate of drug-likeness (QED) is 0.491. The van der Waals surface area contributed by atoms with E-state index in [-0.39, 0.29) is 23.4 Å². The number of carbonyl (C=O) groups excluding carboxylic acids is 3. The molecule has 4 rings (SSSR count). The first-order chi connectivity index (χ1) is 16.6. The van der Waals surface area contributed by atoms with Gasteiger partial charge < -0.3 is 20.8 Å².